The second-order valence-corrected chi connectivity index (χ2v) is 8.30. The van der Waals surface area contributed by atoms with Gasteiger partial charge in [0.1, 0.15) is 17.9 Å². The van der Waals surface area contributed by atoms with E-state index in [-0.39, 0.29) is 11.1 Å². The number of urea groups is 1. The maximum absolute atomic E-state index is 13.7. The average molecular weight is 397 g/mol. The normalized spacial score (nSPS) is 19.3. The van der Waals surface area contributed by atoms with Crippen molar-refractivity contribution in [3.63, 3.8) is 0 Å². The second-order valence-electron chi connectivity index (χ2n) is 8.30. The Hall–Kier alpha value is -3.22. The highest BCUT2D eigenvalue weighted by Gasteiger charge is 2.49. The minimum atomic E-state index is -1.27. The van der Waals surface area contributed by atoms with E-state index in [1.807, 2.05) is 24.3 Å². The van der Waals surface area contributed by atoms with Crippen molar-refractivity contribution in [1.82, 2.24) is 10.2 Å². The molecule has 0 saturated carbocycles. The van der Waals surface area contributed by atoms with Crippen LogP contribution in [0.5, 0.6) is 0 Å². The predicted octanol–water partition coefficient (Wildman–Crippen LogP) is 3.53. The summed E-state index contributed by atoms with van der Waals surface area (Å²) < 4.78 is 13.7. The molecule has 152 valence electrons. The summed E-state index contributed by atoms with van der Waals surface area (Å²) >= 11 is 0. The van der Waals surface area contributed by atoms with Gasteiger partial charge < -0.3 is 10.6 Å². The Morgan fingerprint density at radius 3 is 2.31 bits per heavy atom. The zero-order valence-electron chi connectivity index (χ0n) is 16.9. The van der Waals surface area contributed by atoms with Gasteiger partial charge in [0.25, 0.3) is 5.91 Å². The van der Waals surface area contributed by atoms with Gasteiger partial charge in [-0.25, -0.2) is 9.18 Å². The summed E-state index contributed by atoms with van der Waals surface area (Å²) in [4.78, 5) is 38.5. The molecular weight excluding hydrogens is 373 g/mol. The van der Waals surface area contributed by atoms with Gasteiger partial charge in [0.2, 0.25) is 5.91 Å². The monoisotopic (exact) mass is 397 g/mol. The highest BCUT2D eigenvalue weighted by Crippen LogP contribution is 2.31. The molecule has 0 aromatic heterocycles. The topological polar surface area (TPSA) is 78.5 Å². The summed E-state index contributed by atoms with van der Waals surface area (Å²) in [7, 11) is 0. The molecule has 6 nitrogen and oxygen atoms in total. The lowest BCUT2D eigenvalue weighted by Gasteiger charge is -2.24. The standard InChI is InChI=1S/C22H24FN3O3/c1-21(2,3)14-9-11-15(12-10-14)22(4)19(28)26(20(29)25-22)13-18(27)24-17-8-6-5-7-16(17)23/h5-12H,13H2,1-4H3,(H,24,27)(H,25,29). The van der Waals surface area contributed by atoms with E-state index in [1.165, 1.54) is 18.2 Å². The lowest BCUT2D eigenvalue weighted by atomic mass is 9.84. The van der Waals surface area contributed by atoms with Gasteiger partial charge in [-0.2, -0.15) is 0 Å². The number of anilines is 1. The molecule has 0 radical (unpaired) electrons. The van der Waals surface area contributed by atoms with Crippen LogP contribution in [0.3, 0.4) is 0 Å². The van der Waals surface area contributed by atoms with Crippen LogP contribution < -0.4 is 10.6 Å². The van der Waals surface area contributed by atoms with Gasteiger partial charge in [0, 0.05) is 0 Å². The highest BCUT2D eigenvalue weighted by atomic mass is 19.1. The minimum absolute atomic E-state index is 0.00918. The van der Waals surface area contributed by atoms with Gasteiger partial charge in [0.05, 0.1) is 5.69 Å². The number of carbonyl (C=O) groups is 3. The second kappa shape index (κ2) is 7.31. The number of para-hydroxylation sites is 1. The van der Waals surface area contributed by atoms with Crippen LogP contribution in [0.1, 0.15) is 38.8 Å². The molecule has 7 heteroatoms. The van der Waals surface area contributed by atoms with Crippen molar-refractivity contribution in [3.05, 3.63) is 65.5 Å². The minimum Gasteiger partial charge on any atom is -0.322 e. The third-order valence-electron chi connectivity index (χ3n) is 5.05. The number of nitrogens with zero attached hydrogens (tertiary/aromatic N) is 1. The highest BCUT2D eigenvalue weighted by molar-refractivity contribution is 6.10. The van der Waals surface area contributed by atoms with E-state index in [9.17, 15) is 18.8 Å². The molecule has 2 N–H and O–H groups in total. The number of halogens is 1. The first-order valence-corrected chi connectivity index (χ1v) is 9.32. The van der Waals surface area contributed by atoms with E-state index in [2.05, 4.69) is 31.4 Å². The SMILES string of the molecule is CC(C)(C)c1ccc(C2(C)NC(=O)N(CC(=O)Nc3ccccc3F)C2=O)cc1. The molecule has 1 saturated heterocycles. The molecule has 0 bridgehead atoms. The quantitative estimate of drug-likeness (QED) is 0.775. The summed E-state index contributed by atoms with van der Waals surface area (Å²) in [5, 5.41) is 5.05. The molecule has 4 amide bonds. The average Bonchev–Trinajstić information content (AvgIpc) is 2.87. The Morgan fingerprint density at radius 2 is 1.72 bits per heavy atom. The van der Waals surface area contributed by atoms with Gasteiger partial charge in [-0.15, -0.1) is 0 Å². The first-order valence-electron chi connectivity index (χ1n) is 9.32. The molecule has 0 spiro atoms. The number of carbonyl (C=O) groups excluding carboxylic acids is 3. The van der Waals surface area contributed by atoms with Crippen LogP contribution in [0.2, 0.25) is 0 Å². The number of hydrogen-bond donors (Lipinski definition) is 2. The molecular formula is C22H24FN3O3. The summed E-state index contributed by atoms with van der Waals surface area (Å²) in [5.74, 6) is -1.79. The van der Waals surface area contributed by atoms with Crippen molar-refractivity contribution in [2.45, 2.75) is 38.6 Å². The van der Waals surface area contributed by atoms with Crippen molar-refractivity contribution >= 4 is 23.5 Å². The number of rotatable bonds is 4. The van der Waals surface area contributed by atoms with Crippen LogP contribution in [-0.4, -0.2) is 29.3 Å². The number of hydrogen-bond acceptors (Lipinski definition) is 3. The van der Waals surface area contributed by atoms with E-state index >= 15 is 0 Å². The summed E-state index contributed by atoms with van der Waals surface area (Å²) in [6.07, 6.45) is 0. The predicted molar refractivity (Wildman–Crippen MR) is 108 cm³/mol. The van der Waals surface area contributed by atoms with Crippen LogP contribution in [0.4, 0.5) is 14.9 Å². The van der Waals surface area contributed by atoms with Crippen molar-refractivity contribution in [1.29, 1.82) is 0 Å². The van der Waals surface area contributed by atoms with Crippen LogP contribution in [0.25, 0.3) is 0 Å². The Kier molecular flexibility index (Phi) is 5.17. The Morgan fingerprint density at radius 1 is 1.10 bits per heavy atom. The van der Waals surface area contributed by atoms with Crippen LogP contribution >= 0.6 is 0 Å². The van der Waals surface area contributed by atoms with Gasteiger partial charge in [-0.1, -0.05) is 57.2 Å². The van der Waals surface area contributed by atoms with Crippen molar-refractivity contribution in [2.75, 3.05) is 11.9 Å². The van der Waals surface area contributed by atoms with E-state index in [0.29, 0.717) is 5.56 Å². The Bertz CT molecular complexity index is 966. The smallest absolute Gasteiger partial charge is 0.322 e. The molecule has 0 aliphatic carbocycles. The Labute approximate surface area is 169 Å². The fourth-order valence-electron chi connectivity index (χ4n) is 3.24. The molecule has 1 atom stereocenters. The van der Waals surface area contributed by atoms with Crippen LogP contribution in [0, 0.1) is 5.82 Å². The van der Waals surface area contributed by atoms with Crippen molar-refractivity contribution in [3.8, 4) is 0 Å². The number of benzene rings is 2. The lowest BCUT2D eigenvalue weighted by molar-refractivity contribution is -0.133. The van der Waals surface area contributed by atoms with Crippen LogP contribution in [-0.2, 0) is 20.5 Å². The van der Waals surface area contributed by atoms with Crippen LogP contribution in [0.15, 0.2) is 48.5 Å². The van der Waals surface area contributed by atoms with Gasteiger partial charge in [0.15, 0.2) is 0 Å². The van der Waals surface area contributed by atoms with Gasteiger partial charge in [-0.3, -0.25) is 14.5 Å². The fourth-order valence-corrected chi connectivity index (χ4v) is 3.24. The first kappa shape index (κ1) is 20.5. The first-order chi connectivity index (χ1) is 13.5. The zero-order valence-corrected chi connectivity index (χ0v) is 16.9. The fraction of sp³-hybridized carbons (Fsp3) is 0.318. The molecule has 3 rings (SSSR count). The molecule has 1 aliphatic rings. The van der Waals surface area contributed by atoms with Crippen molar-refractivity contribution < 1.29 is 18.8 Å². The van der Waals surface area contributed by atoms with E-state index in [4.69, 9.17) is 0 Å². The summed E-state index contributed by atoms with van der Waals surface area (Å²) in [6, 6.07) is 12.5. The van der Waals surface area contributed by atoms with Gasteiger partial charge in [-0.05, 0) is 35.6 Å². The third kappa shape index (κ3) is 3.99. The largest absolute Gasteiger partial charge is 0.325 e. The molecule has 1 aliphatic heterocycles. The van der Waals surface area contributed by atoms with Crippen molar-refractivity contribution in [2.24, 2.45) is 0 Å². The number of imide groups is 1. The van der Waals surface area contributed by atoms with E-state index in [0.717, 1.165) is 10.5 Å². The maximum atomic E-state index is 13.7. The zero-order chi connectivity index (χ0) is 21.4. The van der Waals surface area contributed by atoms with Gasteiger partial charge >= 0.3 is 6.03 Å². The summed E-state index contributed by atoms with van der Waals surface area (Å²) in [6.45, 7) is 7.36. The Balaban J connectivity index is 1.76. The molecule has 1 heterocycles. The number of nitrogens with one attached hydrogen (secondary N) is 2. The number of amides is 4. The molecule has 2 aromatic rings. The molecule has 1 unspecified atom stereocenters. The molecule has 2 aromatic carbocycles. The molecule has 29 heavy (non-hydrogen) atoms. The third-order valence-corrected chi connectivity index (χ3v) is 5.05. The van der Waals surface area contributed by atoms with E-state index in [1.54, 1.807) is 13.0 Å². The summed E-state index contributed by atoms with van der Waals surface area (Å²) in [5.41, 5.74) is 0.402. The van der Waals surface area contributed by atoms with E-state index < -0.39 is 35.7 Å². The maximum Gasteiger partial charge on any atom is 0.325 e. The molecule has 1 fully saturated rings. The lowest BCUT2D eigenvalue weighted by Crippen LogP contribution is -2.42.